The first kappa shape index (κ1) is 15.5. The Morgan fingerprint density at radius 1 is 1.25 bits per heavy atom. The molecule has 0 N–H and O–H groups in total. The van der Waals surface area contributed by atoms with E-state index in [-0.39, 0.29) is 11.8 Å². The van der Waals surface area contributed by atoms with Crippen LogP contribution in [0.25, 0.3) is 5.52 Å². The van der Waals surface area contributed by atoms with Crippen LogP contribution < -0.4 is 0 Å². The number of rotatable bonds is 1. The van der Waals surface area contributed by atoms with Gasteiger partial charge >= 0.3 is 6.18 Å². The molecule has 4 nitrogen and oxygen atoms in total. The highest BCUT2D eigenvalue weighted by atomic mass is 19.4. The highest BCUT2D eigenvalue weighted by Gasteiger charge is 2.43. The molecule has 2 aromatic heterocycles. The zero-order chi connectivity index (χ0) is 17.1. The summed E-state index contributed by atoms with van der Waals surface area (Å²) in [6, 6.07) is 1.28. The zero-order valence-corrected chi connectivity index (χ0v) is 13.3. The number of nitrogens with zero attached hydrogens (tertiary/aromatic N) is 3. The molecule has 1 unspecified atom stereocenters. The zero-order valence-electron chi connectivity index (χ0n) is 13.3. The molecular weight excluding hydrogens is 319 g/mol. The van der Waals surface area contributed by atoms with Crippen molar-refractivity contribution >= 4 is 11.4 Å². The first-order valence-corrected chi connectivity index (χ1v) is 8.11. The fourth-order valence-electron chi connectivity index (χ4n) is 4.35. The van der Waals surface area contributed by atoms with Crippen LogP contribution in [0.2, 0.25) is 0 Å². The number of imidazole rings is 1. The molecule has 1 aliphatic heterocycles. The molecule has 0 radical (unpaired) electrons. The molecule has 2 aromatic rings. The van der Waals surface area contributed by atoms with Crippen molar-refractivity contribution in [1.29, 1.82) is 0 Å². The number of alkyl halides is 3. The van der Waals surface area contributed by atoms with Gasteiger partial charge in [-0.05, 0) is 42.2 Å². The van der Waals surface area contributed by atoms with Gasteiger partial charge in [0.25, 0.3) is 0 Å². The van der Waals surface area contributed by atoms with Crippen LogP contribution >= 0.6 is 0 Å². The van der Waals surface area contributed by atoms with Gasteiger partial charge in [-0.1, -0.05) is 0 Å². The van der Waals surface area contributed by atoms with Gasteiger partial charge in [0, 0.05) is 26.2 Å². The van der Waals surface area contributed by atoms with Gasteiger partial charge in [-0.25, -0.2) is 4.98 Å². The Hall–Kier alpha value is -2.05. The second-order valence-corrected chi connectivity index (χ2v) is 6.98. The minimum atomic E-state index is -4.37. The van der Waals surface area contributed by atoms with Crippen LogP contribution in [0, 0.1) is 11.8 Å². The highest BCUT2D eigenvalue weighted by Crippen LogP contribution is 2.47. The number of carbonyl (C=O) groups excluding carboxylic acids is 1. The summed E-state index contributed by atoms with van der Waals surface area (Å²) in [7, 11) is 0. The maximum atomic E-state index is 13.2. The van der Waals surface area contributed by atoms with E-state index in [0.29, 0.717) is 11.8 Å². The fourth-order valence-corrected chi connectivity index (χ4v) is 4.35. The average molecular weight is 337 g/mol. The molecule has 24 heavy (non-hydrogen) atoms. The van der Waals surface area contributed by atoms with Crippen LogP contribution in [-0.4, -0.2) is 33.3 Å². The summed E-state index contributed by atoms with van der Waals surface area (Å²) < 4.78 is 41.0. The van der Waals surface area contributed by atoms with Gasteiger partial charge in [0.1, 0.15) is 0 Å². The largest absolute Gasteiger partial charge is 0.417 e. The molecule has 1 aliphatic carbocycles. The quantitative estimate of drug-likeness (QED) is 0.800. The van der Waals surface area contributed by atoms with E-state index in [0.717, 1.165) is 43.2 Å². The van der Waals surface area contributed by atoms with Crippen molar-refractivity contribution < 1.29 is 18.0 Å². The number of likely N-dealkylation sites (tertiary alicyclic amines) is 1. The molecule has 7 heteroatoms. The van der Waals surface area contributed by atoms with E-state index in [2.05, 4.69) is 4.98 Å². The van der Waals surface area contributed by atoms with Crippen LogP contribution in [0.15, 0.2) is 24.8 Å². The lowest BCUT2D eigenvalue weighted by molar-refractivity contribution is -0.138. The van der Waals surface area contributed by atoms with E-state index in [1.807, 2.05) is 4.90 Å². The summed E-state index contributed by atoms with van der Waals surface area (Å²) in [6.07, 6.45) is 1.44. The maximum absolute atomic E-state index is 13.2. The Labute approximate surface area is 137 Å². The van der Waals surface area contributed by atoms with E-state index >= 15 is 0 Å². The fraction of sp³-hybridized carbons (Fsp3) is 0.529. The van der Waals surface area contributed by atoms with E-state index < -0.39 is 11.7 Å². The van der Waals surface area contributed by atoms with Gasteiger partial charge in [-0.2, -0.15) is 13.2 Å². The number of halogens is 3. The lowest BCUT2D eigenvalue weighted by Crippen LogP contribution is -2.27. The summed E-state index contributed by atoms with van der Waals surface area (Å²) in [4.78, 5) is 17.4. The molecule has 0 bridgehead atoms. The van der Waals surface area contributed by atoms with Crippen LogP contribution in [0.4, 0.5) is 13.2 Å². The number of pyridine rings is 1. The lowest BCUT2D eigenvalue weighted by Gasteiger charge is -2.19. The summed E-state index contributed by atoms with van der Waals surface area (Å²) in [5, 5.41) is 0. The number of amides is 1. The third-order valence-corrected chi connectivity index (χ3v) is 5.51. The van der Waals surface area contributed by atoms with Crippen molar-refractivity contribution in [2.75, 3.05) is 13.1 Å². The van der Waals surface area contributed by atoms with Gasteiger partial charge < -0.3 is 9.30 Å². The van der Waals surface area contributed by atoms with E-state index in [9.17, 15) is 18.0 Å². The third-order valence-electron chi connectivity index (χ3n) is 5.51. The third kappa shape index (κ3) is 2.46. The minimum Gasteiger partial charge on any atom is -0.342 e. The number of hydrogen-bond donors (Lipinski definition) is 0. The molecule has 0 aromatic carbocycles. The minimum absolute atomic E-state index is 0.0817. The Morgan fingerprint density at radius 3 is 2.50 bits per heavy atom. The number of aromatic nitrogens is 2. The molecule has 4 rings (SSSR count). The Bertz CT molecular complexity index is 784. The molecule has 2 fully saturated rings. The molecule has 1 saturated carbocycles. The van der Waals surface area contributed by atoms with Gasteiger partial charge in [0.2, 0.25) is 5.91 Å². The Balaban J connectivity index is 1.66. The van der Waals surface area contributed by atoms with Gasteiger partial charge in [0.15, 0.2) is 0 Å². The average Bonchev–Trinajstić information content (AvgIpc) is 3.18. The van der Waals surface area contributed by atoms with E-state index in [1.54, 1.807) is 13.1 Å². The lowest BCUT2D eigenvalue weighted by atomic mass is 9.94. The predicted octanol–water partition coefficient (Wildman–Crippen LogP) is 3.33. The first-order chi connectivity index (χ1) is 11.3. The highest BCUT2D eigenvalue weighted by molar-refractivity contribution is 5.73. The summed E-state index contributed by atoms with van der Waals surface area (Å²) >= 11 is 0. The molecule has 2 aliphatic rings. The number of carbonyl (C=O) groups is 1. The second kappa shape index (κ2) is 5.22. The van der Waals surface area contributed by atoms with E-state index in [1.165, 1.54) is 16.8 Å². The monoisotopic (exact) mass is 337 g/mol. The first-order valence-electron chi connectivity index (χ1n) is 8.11. The second-order valence-electron chi connectivity index (χ2n) is 6.98. The van der Waals surface area contributed by atoms with Crippen molar-refractivity contribution in [2.24, 2.45) is 11.8 Å². The predicted molar refractivity (Wildman–Crippen MR) is 81.4 cm³/mol. The Morgan fingerprint density at radius 2 is 1.92 bits per heavy atom. The number of fused-ring (bicyclic) bond motifs is 2. The van der Waals surface area contributed by atoms with Crippen molar-refractivity contribution in [2.45, 2.75) is 31.9 Å². The Kier molecular flexibility index (Phi) is 3.37. The summed E-state index contributed by atoms with van der Waals surface area (Å²) in [5.74, 6) is 0.946. The van der Waals surface area contributed by atoms with Crippen LogP contribution in [0.1, 0.15) is 36.8 Å². The van der Waals surface area contributed by atoms with Crippen LogP contribution in [0.5, 0.6) is 0 Å². The summed E-state index contributed by atoms with van der Waals surface area (Å²) in [6.45, 7) is 3.02. The molecule has 1 amide bonds. The molecule has 128 valence electrons. The summed E-state index contributed by atoms with van der Waals surface area (Å²) in [5.41, 5.74) is 0.841. The number of hydrogen-bond acceptors (Lipinski definition) is 2. The SMILES string of the molecule is CC(=O)N1CC2C[C@H](c3cc(C(F)(F)F)cn4cncc34)C[C@@H]2C1. The van der Waals surface area contributed by atoms with Crippen molar-refractivity contribution in [3.63, 3.8) is 0 Å². The van der Waals surface area contributed by atoms with Crippen molar-refractivity contribution in [3.8, 4) is 0 Å². The topological polar surface area (TPSA) is 37.6 Å². The van der Waals surface area contributed by atoms with Gasteiger partial charge in [-0.3, -0.25) is 4.79 Å². The van der Waals surface area contributed by atoms with Crippen LogP contribution in [0.3, 0.4) is 0 Å². The maximum Gasteiger partial charge on any atom is 0.417 e. The van der Waals surface area contributed by atoms with E-state index in [4.69, 9.17) is 0 Å². The normalized spacial score (nSPS) is 27.0. The van der Waals surface area contributed by atoms with Crippen molar-refractivity contribution in [3.05, 3.63) is 35.9 Å². The van der Waals surface area contributed by atoms with Gasteiger partial charge in [0.05, 0.1) is 23.6 Å². The molecule has 0 spiro atoms. The molecule has 1 saturated heterocycles. The molecular formula is C17H18F3N3O. The van der Waals surface area contributed by atoms with Crippen molar-refractivity contribution in [1.82, 2.24) is 14.3 Å². The van der Waals surface area contributed by atoms with Gasteiger partial charge in [-0.15, -0.1) is 0 Å². The molecule has 3 heterocycles. The van der Waals surface area contributed by atoms with Crippen LogP contribution in [-0.2, 0) is 11.0 Å². The smallest absolute Gasteiger partial charge is 0.342 e. The standard InChI is InChI=1S/C17H18F3N3O/c1-10(24)22-6-12-2-11(3-13(12)7-22)15-4-14(17(18,19)20)8-23-9-21-5-16(15)23/h4-5,8-9,11-13H,2-3,6-7H2,1H3/t11-,12-,13?/m1/s1. The molecule has 3 atom stereocenters.